The minimum absolute atomic E-state index is 0.0206. The van der Waals surface area contributed by atoms with E-state index in [4.69, 9.17) is 9.84 Å². The van der Waals surface area contributed by atoms with Crippen molar-refractivity contribution in [2.24, 2.45) is 0 Å². The molecular weight excluding hydrogens is 297 g/mol. The first-order chi connectivity index (χ1) is 10.0. The van der Waals surface area contributed by atoms with Crippen molar-refractivity contribution in [3.63, 3.8) is 0 Å². The van der Waals surface area contributed by atoms with Crippen LogP contribution in [0.25, 0.3) is 0 Å². The van der Waals surface area contributed by atoms with Crippen molar-refractivity contribution in [3.05, 3.63) is 24.0 Å². The topological polar surface area (TPSA) is 66.8 Å². The van der Waals surface area contributed by atoms with Crippen molar-refractivity contribution in [1.29, 1.82) is 0 Å². The van der Waals surface area contributed by atoms with Crippen molar-refractivity contribution in [3.8, 4) is 5.75 Å². The average molecular weight is 317 g/mol. The number of ether oxygens (including phenoxy) is 1. The largest absolute Gasteiger partial charge is 0.494 e. The lowest BCUT2D eigenvalue weighted by molar-refractivity contribution is 0.264. The summed E-state index contributed by atoms with van der Waals surface area (Å²) >= 11 is 0. The van der Waals surface area contributed by atoms with Crippen molar-refractivity contribution in [2.75, 3.05) is 20.3 Å². The van der Waals surface area contributed by atoms with E-state index < -0.39 is 15.8 Å². The first-order valence-electron chi connectivity index (χ1n) is 6.97. The van der Waals surface area contributed by atoms with Gasteiger partial charge < -0.3 is 9.84 Å². The fourth-order valence-electron chi connectivity index (χ4n) is 2.68. The fourth-order valence-corrected chi connectivity index (χ4v) is 4.42. The smallest absolute Gasteiger partial charge is 0.243 e. The molecule has 21 heavy (non-hydrogen) atoms. The summed E-state index contributed by atoms with van der Waals surface area (Å²) < 4.78 is 45.2. The second-order valence-electron chi connectivity index (χ2n) is 5.07. The standard InChI is InChI=1S/C14H20FNO4S/c1-20-14-7-6-12(10-13(14)15)21(18,19)16-8-2-4-11(16)5-3-9-17/h6-7,10-11,17H,2-5,8-9H2,1H3. The van der Waals surface area contributed by atoms with Crippen LogP contribution in [0, 0.1) is 5.82 Å². The Balaban J connectivity index is 2.26. The predicted octanol–water partition coefficient (Wildman–Crippen LogP) is 1.76. The Labute approximate surface area is 124 Å². The van der Waals surface area contributed by atoms with E-state index >= 15 is 0 Å². The van der Waals surface area contributed by atoms with Gasteiger partial charge in [0.05, 0.1) is 12.0 Å². The van der Waals surface area contributed by atoms with Crippen LogP contribution in [0.2, 0.25) is 0 Å². The molecule has 0 saturated carbocycles. The lowest BCUT2D eigenvalue weighted by Crippen LogP contribution is -2.35. The second-order valence-corrected chi connectivity index (χ2v) is 6.96. The van der Waals surface area contributed by atoms with Crippen LogP contribution in [-0.4, -0.2) is 44.1 Å². The molecule has 1 aliphatic rings. The van der Waals surface area contributed by atoms with Crippen molar-refractivity contribution in [1.82, 2.24) is 4.31 Å². The van der Waals surface area contributed by atoms with Gasteiger partial charge in [0.15, 0.2) is 11.6 Å². The van der Waals surface area contributed by atoms with Gasteiger partial charge in [-0.25, -0.2) is 12.8 Å². The molecule has 1 saturated heterocycles. The van der Waals surface area contributed by atoms with Crippen LogP contribution < -0.4 is 4.74 Å². The number of rotatable bonds is 6. The number of aliphatic hydroxyl groups excluding tert-OH is 1. The molecule has 2 rings (SSSR count). The van der Waals surface area contributed by atoms with Gasteiger partial charge in [-0.05, 0) is 43.9 Å². The molecule has 118 valence electrons. The summed E-state index contributed by atoms with van der Waals surface area (Å²) in [6, 6.07) is 3.56. The molecule has 1 N–H and O–H groups in total. The summed E-state index contributed by atoms with van der Waals surface area (Å²) in [5.41, 5.74) is 0. The first-order valence-corrected chi connectivity index (χ1v) is 8.41. The van der Waals surface area contributed by atoms with E-state index in [-0.39, 0.29) is 23.3 Å². The van der Waals surface area contributed by atoms with Gasteiger partial charge in [-0.3, -0.25) is 0 Å². The summed E-state index contributed by atoms with van der Waals surface area (Å²) in [7, 11) is -2.38. The summed E-state index contributed by atoms with van der Waals surface area (Å²) in [6.45, 7) is 0.480. The van der Waals surface area contributed by atoms with E-state index in [0.717, 1.165) is 18.9 Å². The number of nitrogens with zero attached hydrogens (tertiary/aromatic N) is 1. The third-order valence-electron chi connectivity index (χ3n) is 3.75. The van der Waals surface area contributed by atoms with E-state index in [1.54, 1.807) is 0 Å². The highest BCUT2D eigenvalue weighted by molar-refractivity contribution is 7.89. The minimum Gasteiger partial charge on any atom is -0.494 e. The molecule has 1 aromatic carbocycles. The summed E-state index contributed by atoms with van der Waals surface area (Å²) in [6.07, 6.45) is 2.74. The SMILES string of the molecule is COc1ccc(S(=O)(=O)N2CCCC2CCCO)cc1F. The molecule has 0 aliphatic carbocycles. The molecule has 0 amide bonds. The van der Waals surface area contributed by atoms with Crippen molar-refractivity contribution < 1.29 is 22.7 Å². The maximum absolute atomic E-state index is 13.7. The number of hydrogen-bond acceptors (Lipinski definition) is 4. The number of sulfonamides is 1. The summed E-state index contributed by atoms with van der Waals surface area (Å²) in [5, 5.41) is 8.90. The number of methoxy groups -OCH3 is 1. The fraction of sp³-hybridized carbons (Fsp3) is 0.571. The quantitative estimate of drug-likeness (QED) is 0.868. The highest BCUT2D eigenvalue weighted by Gasteiger charge is 2.35. The lowest BCUT2D eigenvalue weighted by atomic mass is 10.1. The molecule has 1 unspecified atom stereocenters. The Morgan fingerprint density at radius 2 is 2.24 bits per heavy atom. The number of halogens is 1. The molecule has 5 nitrogen and oxygen atoms in total. The van der Waals surface area contributed by atoms with Gasteiger partial charge in [-0.1, -0.05) is 0 Å². The summed E-state index contributed by atoms with van der Waals surface area (Å²) in [5.74, 6) is -0.670. The zero-order valence-electron chi connectivity index (χ0n) is 12.0. The normalized spacial score (nSPS) is 19.9. The summed E-state index contributed by atoms with van der Waals surface area (Å²) in [4.78, 5) is -0.0586. The van der Waals surface area contributed by atoms with Gasteiger partial charge >= 0.3 is 0 Å². The van der Waals surface area contributed by atoms with E-state index in [0.29, 0.717) is 19.4 Å². The van der Waals surface area contributed by atoms with Crippen LogP contribution in [0.3, 0.4) is 0 Å². The predicted molar refractivity (Wildman–Crippen MR) is 76.2 cm³/mol. The number of hydrogen-bond donors (Lipinski definition) is 1. The monoisotopic (exact) mass is 317 g/mol. The van der Waals surface area contributed by atoms with Crippen LogP contribution in [0.5, 0.6) is 5.75 Å². The van der Waals surface area contributed by atoms with Gasteiger partial charge in [-0.2, -0.15) is 4.31 Å². The Bertz CT molecular complexity index is 591. The molecule has 7 heteroatoms. The maximum atomic E-state index is 13.7. The van der Waals surface area contributed by atoms with E-state index in [2.05, 4.69) is 0 Å². The Hall–Kier alpha value is -1.18. The number of benzene rings is 1. The average Bonchev–Trinajstić information content (AvgIpc) is 2.94. The minimum atomic E-state index is -3.71. The van der Waals surface area contributed by atoms with Crippen LogP contribution in [0.15, 0.2) is 23.1 Å². The van der Waals surface area contributed by atoms with Crippen molar-refractivity contribution in [2.45, 2.75) is 36.6 Å². The highest BCUT2D eigenvalue weighted by atomic mass is 32.2. The van der Waals surface area contributed by atoms with Crippen LogP contribution in [0.4, 0.5) is 4.39 Å². The van der Waals surface area contributed by atoms with Crippen LogP contribution >= 0.6 is 0 Å². The second kappa shape index (κ2) is 6.72. The van der Waals surface area contributed by atoms with Gasteiger partial charge in [0.25, 0.3) is 0 Å². The lowest BCUT2D eigenvalue weighted by Gasteiger charge is -2.24. The molecule has 1 heterocycles. The molecule has 0 bridgehead atoms. The van der Waals surface area contributed by atoms with Crippen LogP contribution in [-0.2, 0) is 10.0 Å². The molecule has 1 aliphatic heterocycles. The molecular formula is C14H20FNO4S. The molecule has 0 radical (unpaired) electrons. The van der Waals surface area contributed by atoms with Gasteiger partial charge in [0, 0.05) is 19.2 Å². The zero-order chi connectivity index (χ0) is 15.5. The van der Waals surface area contributed by atoms with E-state index in [9.17, 15) is 12.8 Å². The van der Waals surface area contributed by atoms with E-state index in [1.807, 2.05) is 0 Å². The third-order valence-corrected chi connectivity index (χ3v) is 5.70. The molecule has 1 aromatic rings. The molecule has 1 atom stereocenters. The highest BCUT2D eigenvalue weighted by Crippen LogP contribution is 2.30. The van der Waals surface area contributed by atoms with Gasteiger partial charge in [0.2, 0.25) is 10.0 Å². The first kappa shape index (κ1) is 16.2. The maximum Gasteiger partial charge on any atom is 0.243 e. The Morgan fingerprint density at radius 3 is 2.86 bits per heavy atom. The van der Waals surface area contributed by atoms with E-state index in [1.165, 1.54) is 23.5 Å². The third kappa shape index (κ3) is 3.36. The van der Waals surface area contributed by atoms with Gasteiger partial charge in [-0.15, -0.1) is 0 Å². The molecule has 0 spiro atoms. The Kier molecular flexibility index (Phi) is 5.18. The Morgan fingerprint density at radius 1 is 1.48 bits per heavy atom. The molecule has 1 fully saturated rings. The number of aliphatic hydroxyl groups is 1. The van der Waals surface area contributed by atoms with Crippen LogP contribution in [0.1, 0.15) is 25.7 Å². The van der Waals surface area contributed by atoms with Crippen molar-refractivity contribution >= 4 is 10.0 Å². The molecule has 0 aromatic heterocycles. The van der Waals surface area contributed by atoms with Gasteiger partial charge in [0.1, 0.15) is 0 Å². The zero-order valence-corrected chi connectivity index (χ0v) is 12.8.